The van der Waals surface area contributed by atoms with Crippen LogP contribution in [0.5, 0.6) is 0 Å². The Morgan fingerprint density at radius 1 is 1.28 bits per heavy atom. The van der Waals surface area contributed by atoms with Crippen LogP contribution in [0.2, 0.25) is 0 Å². The zero-order chi connectivity index (χ0) is 22.7. The van der Waals surface area contributed by atoms with Gasteiger partial charge in [-0.2, -0.15) is 4.68 Å². The molecular weight excluding hydrogens is 464 g/mol. The molecule has 1 aliphatic rings. The SMILES string of the molecule is C[C@@H]1CCc2c(sc3nc(SCC(N)=O)n(NC(=O)CSCc4ccccc4)c(=O)c23)C1. The Balaban J connectivity index is 1.59. The number of thiophene rings is 1. The van der Waals surface area contributed by atoms with E-state index < -0.39 is 5.91 Å². The summed E-state index contributed by atoms with van der Waals surface area (Å²) >= 11 is 4.06. The zero-order valence-electron chi connectivity index (χ0n) is 17.6. The molecule has 7 nitrogen and oxygen atoms in total. The minimum atomic E-state index is -0.514. The number of carbonyl (C=O) groups excluding carboxylic acids is 2. The van der Waals surface area contributed by atoms with E-state index in [4.69, 9.17) is 5.73 Å². The van der Waals surface area contributed by atoms with Crippen LogP contribution in [0.1, 0.15) is 29.3 Å². The average Bonchev–Trinajstić information content (AvgIpc) is 3.12. The van der Waals surface area contributed by atoms with Crippen molar-refractivity contribution < 1.29 is 9.59 Å². The zero-order valence-corrected chi connectivity index (χ0v) is 20.1. The molecule has 1 atom stereocenters. The highest BCUT2D eigenvalue weighted by molar-refractivity contribution is 7.99. The largest absolute Gasteiger partial charge is 0.369 e. The Morgan fingerprint density at radius 3 is 2.81 bits per heavy atom. The summed E-state index contributed by atoms with van der Waals surface area (Å²) in [4.78, 5) is 43.9. The number of aryl methyl sites for hydroxylation is 1. The first-order chi connectivity index (χ1) is 15.4. The van der Waals surface area contributed by atoms with Crippen LogP contribution in [-0.4, -0.2) is 33.0 Å². The molecule has 0 saturated heterocycles. The van der Waals surface area contributed by atoms with E-state index in [1.165, 1.54) is 32.7 Å². The Labute approximate surface area is 198 Å². The Morgan fingerprint density at radius 2 is 2.06 bits per heavy atom. The van der Waals surface area contributed by atoms with E-state index in [1.54, 1.807) is 0 Å². The maximum absolute atomic E-state index is 13.4. The Hall–Kier alpha value is -2.30. The summed E-state index contributed by atoms with van der Waals surface area (Å²) in [5, 5.41) is 0.854. The number of primary amides is 1. The van der Waals surface area contributed by atoms with Gasteiger partial charge in [0, 0.05) is 10.6 Å². The molecule has 3 aromatic rings. The third-order valence-corrected chi connectivity index (χ3v) is 8.34. The number of rotatable bonds is 8. The standard InChI is InChI=1S/C22H24N4O3S3/c1-13-7-8-15-16(9-13)32-20-19(15)21(29)26(22(24-20)31-11-17(23)27)25-18(28)12-30-10-14-5-3-2-4-6-14/h2-6,13H,7-12H2,1H3,(H2,23,27)(H,25,28)/t13-/m1/s1. The van der Waals surface area contributed by atoms with E-state index in [2.05, 4.69) is 17.3 Å². The topological polar surface area (TPSA) is 107 Å². The molecule has 2 amide bonds. The number of thioether (sulfide) groups is 2. The van der Waals surface area contributed by atoms with Gasteiger partial charge in [-0.15, -0.1) is 23.1 Å². The van der Waals surface area contributed by atoms with Crippen molar-refractivity contribution in [2.75, 3.05) is 16.9 Å². The molecule has 2 heterocycles. The van der Waals surface area contributed by atoms with Gasteiger partial charge in [-0.05, 0) is 36.3 Å². The molecule has 4 rings (SSSR count). The molecule has 0 fully saturated rings. The molecule has 1 aliphatic carbocycles. The van der Waals surface area contributed by atoms with Crippen LogP contribution in [0.25, 0.3) is 10.2 Å². The fraction of sp³-hybridized carbons (Fsp3) is 0.364. The molecule has 0 saturated carbocycles. The van der Waals surface area contributed by atoms with Crippen molar-refractivity contribution in [1.29, 1.82) is 0 Å². The summed E-state index contributed by atoms with van der Waals surface area (Å²) in [6, 6.07) is 9.88. The number of carbonyl (C=O) groups is 2. The van der Waals surface area contributed by atoms with Crippen LogP contribution >= 0.6 is 34.9 Å². The van der Waals surface area contributed by atoms with Crippen molar-refractivity contribution in [1.82, 2.24) is 9.66 Å². The predicted molar refractivity (Wildman–Crippen MR) is 132 cm³/mol. The van der Waals surface area contributed by atoms with Crippen LogP contribution in [-0.2, 0) is 28.2 Å². The lowest BCUT2D eigenvalue weighted by molar-refractivity contribution is -0.116. The number of hydrogen-bond acceptors (Lipinski definition) is 7. The lowest BCUT2D eigenvalue weighted by Gasteiger charge is -2.18. The summed E-state index contributed by atoms with van der Waals surface area (Å²) in [6.45, 7) is 2.21. The van der Waals surface area contributed by atoms with Gasteiger partial charge in [0.25, 0.3) is 5.56 Å². The Bertz CT molecular complexity index is 1210. The van der Waals surface area contributed by atoms with Gasteiger partial charge in [0.15, 0.2) is 5.16 Å². The molecule has 1 aromatic carbocycles. The molecule has 3 N–H and O–H groups in total. The minimum Gasteiger partial charge on any atom is -0.369 e. The number of nitrogens with two attached hydrogens (primary N) is 1. The van der Waals surface area contributed by atoms with Gasteiger partial charge < -0.3 is 5.73 Å². The smallest absolute Gasteiger partial charge is 0.282 e. The third-order valence-electron chi connectivity index (χ3n) is 5.22. The second kappa shape index (κ2) is 10.1. The Kier molecular flexibility index (Phi) is 7.22. The molecule has 0 unspecified atom stereocenters. The summed E-state index contributed by atoms with van der Waals surface area (Å²) in [5.74, 6) is 0.618. The summed E-state index contributed by atoms with van der Waals surface area (Å²) in [5.41, 5.74) is 9.88. The summed E-state index contributed by atoms with van der Waals surface area (Å²) < 4.78 is 1.19. The van der Waals surface area contributed by atoms with Gasteiger partial charge >= 0.3 is 0 Å². The monoisotopic (exact) mass is 488 g/mol. The van der Waals surface area contributed by atoms with Crippen molar-refractivity contribution in [3.8, 4) is 0 Å². The van der Waals surface area contributed by atoms with Crippen LogP contribution in [0, 0.1) is 5.92 Å². The minimum absolute atomic E-state index is 0.0291. The maximum Gasteiger partial charge on any atom is 0.282 e. The first-order valence-electron chi connectivity index (χ1n) is 10.3. The summed E-state index contributed by atoms with van der Waals surface area (Å²) in [6.07, 6.45) is 2.79. The van der Waals surface area contributed by atoms with Crippen molar-refractivity contribution in [3.63, 3.8) is 0 Å². The van der Waals surface area contributed by atoms with Crippen LogP contribution < -0.4 is 16.7 Å². The molecule has 0 bridgehead atoms. The van der Waals surface area contributed by atoms with E-state index in [1.807, 2.05) is 30.3 Å². The second-order valence-electron chi connectivity index (χ2n) is 7.84. The molecule has 2 aromatic heterocycles. The molecule has 32 heavy (non-hydrogen) atoms. The molecule has 0 aliphatic heterocycles. The number of benzene rings is 1. The van der Waals surface area contributed by atoms with Crippen LogP contribution in [0.4, 0.5) is 0 Å². The van der Waals surface area contributed by atoms with Gasteiger partial charge in [0.05, 0.1) is 16.9 Å². The van der Waals surface area contributed by atoms with Crippen molar-refractivity contribution >= 4 is 56.9 Å². The highest BCUT2D eigenvalue weighted by atomic mass is 32.2. The van der Waals surface area contributed by atoms with Crippen molar-refractivity contribution in [3.05, 3.63) is 56.7 Å². The molecular formula is C22H24N4O3S3. The van der Waals surface area contributed by atoms with Gasteiger partial charge in [-0.3, -0.25) is 19.8 Å². The first-order valence-corrected chi connectivity index (χ1v) is 13.3. The highest BCUT2D eigenvalue weighted by Crippen LogP contribution is 2.36. The lowest BCUT2D eigenvalue weighted by atomic mass is 9.89. The van der Waals surface area contributed by atoms with Crippen LogP contribution in [0.15, 0.2) is 40.3 Å². The van der Waals surface area contributed by atoms with Gasteiger partial charge in [0.2, 0.25) is 11.8 Å². The molecule has 0 spiro atoms. The second-order valence-corrected chi connectivity index (χ2v) is 10.8. The highest BCUT2D eigenvalue weighted by Gasteiger charge is 2.25. The first kappa shape index (κ1) is 22.9. The molecule has 10 heteroatoms. The quantitative estimate of drug-likeness (QED) is 0.373. The number of fused-ring (bicyclic) bond motifs is 3. The number of nitrogens with zero attached hydrogens (tertiary/aromatic N) is 2. The number of amides is 2. The van der Waals surface area contributed by atoms with Gasteiger partial charge in [0.1, 0.15) is 4.83 Å². The predicted octanol–water partition coefficient (Wildman–Crippen LogP) is 3.16. The van der Waals surface area contributed by atoms with E-state index >= 15 is 0 Å². The van der Waals surface area contributed by atoms with E-state index in [0.29, 0.717) is 21.9 Å². The lowest BCUT2D eigenvalue weighted by Crippen LogP contribution is -2.36. The van der Waals surface area contributed by atoms with Crippen LogP contribution in [0.3, 0.4) is 0 Å². The van der Waals surface area contributed by atoms with E-state index in [-0.39, 0.29) is 28.1 Å². The normalized spacial score (nSPS) is 15.5. The van der Waals surface area contributed by atoms with E-state index in [0.717, 1.165) is 42.2 Å². The fourth-order valence-corrected chi connectivity index (χ4v) is 6.59. The molecule has 168 valence electrons. The van der Waals surface area contributed by atoms with E-state index in [9.17, 15) is 14.4 Å². The average molecular weight is 489 g/mol. The number of aromatic nitrogens is 2. The van der Waals surface area contributed by atoms with Gasteiger partial charge in [-0.1, -0.05) is 49.0 Å². The summed E-state index contributed by atoms with van der Waals surface area (Å²) in [7, 11) is 0. The molecule has 0 radical (unpaired) electrons. The van der Waals surface area contributed by atoms with Crippen molar-refractivity contribution in [2.45, 2.75) is 37.1 Å². The van der Waals surface area contributed by atoms with Gasteiger partial charge in [-0.25, -0.2) is 4.98 Å². The fourth-order valence-electron chi connectivity index (χ4n) is 3.70. The number of hydrogen-bond donors (Lipinski definition) is 2. The van der Waals surface area contributed by atoms with Crippen molar-refractivity contribution in [2.24, 2.45) is 11.7 Å². The number of nitrogens with one attached hydrogen (secondary N) is 1. The third kappa shape index (κ3) is 5.19. The maximum atomic E-state index is 13.4.